The molecule has 0 spiro atoms. The van der Waals surface area contributed by atoms with Crippen molar-refractivity contribution in [2.24, 2.45) is 16.5 Å². The molecule has 1 heterocycles. The Labute approximate surface area is 283 Å². The number of aliphatic imine (C=N–C) groups is 1. The molecular formula is C40H44ClN5O. The molecule has 4 N–H and O–H groups in total. The number of carbonyl (C=O) groups excluding carboxylic acids is 1. The molecule has 1 aliphatic rings. The number of guanidine groups is 1. The SMILES string of the molecule is Cc1ccccc1.NC(N)=NCCCC1CN(C(=O)Cc2ccc3ccccc3c2)CCN1Cc1cccc(-c2ccc(Cl)cc2)c1. The van der Waals surface area contributed by atoms with E-state index in [4.69, 9.17) is 23.1 Å². The number of nitrogens with two attached hydrogens (primary N) is 2. The molecule has 1 atom stereocenters. The minimum Gasteiger partial charge on any atom is -0.370 e. The predicted molar refractivity (Wildman–Crippen MR) is 196 cm³/mol. The van der Waals surface area contributed by atoms with Crippen molar-refractivity contribution in [2.45, 2.75) is 38.8 Å². The number of hydrogen-bond acceptors (Lipinski definition) is 3. The molecule has 0 aliphatic carbocycles. The van der Waals surface area contributed by atoms with E-state index >= 15 is 0 Å². The summed E-state index contributed by atoms with van der Waals surface area (Å²) in [6, 6.07) is 41.6. The molecule has 0 saturated carbocycles. The van der Waals surface area contributed by atoms with Crippen LogP contribution in [0.15, 0.2) is 126 Å². The lowest BCUT2D eigenvalue weighted by atomic mass is 10.0. The lowest BCUT2D eigenvalue weighted by Gasteiger charge is -2.42. The smallest absolute Gasteiger partial charge is 0.227 e. The number of amides is 1. The topological polar surface area (TPSA) is 88.0 Å². The Morgan fingerprint density at radius 2 is 1.53 bits per heavy atom. The van der Waals surface area contributed by atoms with Crippen LogP contribution in [0.1, 0.15) is 29.5 Å². The Hall–Kier alpha value is -4.65. The van der Waals surface area contributed by atoms with E-state index in [2.05, 4.69) is 83.5 Å². The highest BCUT2D eigenvalue weighted by Gasteiger charge is 2.29. The molecule has 7 heteroatoms. The number of piperazine rings is 1. The van der Waals surface area contributed by atoms with Gasteiger partial charge in [0.15, 0.2) is 5.96 Å². The van der Waals surface area contributed by atoms with Crippen LogP contribution in [0.2, 0.25) is 5.02 Å². The van der Waals surface area contributed by atoms with Crippen LogP contribution in [0.3, 0.4) is 0 Å². The lowest BCUT2D eigenvalue weighted by Crippen LogP contribution is -2.54. The second-order valence-corrected chi connectivity index (χ2v) is 12.6. The summed E-state index contributed by atoms with van der Waals surface area (Å²) in [4.78, 5) is 22.1. The van der Waals surface area contributed by atoms with Crippen LogP contribution in [0.4, 0.5) is 0 Å². The van der Waals surface area contributed by atoms with E-state index in [1.165, 1.54) is 22.1 Å². The molecule has 1 amide bonds. The summed E-state index contributed by atoms with van der Waals surface area (Å²) >= 11 is 6.09. The zero-order valence-electron chi connectivity index (χ0n) is 27.1. The molecule has 1 fully saturated rings. The van der Waals surface area contributed by atoms with Crippen LogP contribution in [0.25, 0.3) is 21.9 Å². The first-order valence-corrected chi connectivity index (χ1v) is 16.6. The second kappa shape index (κ2) is 16.8. The normalized spacial score (nSPS) is 14.7. The highest BCUT2D eigenvalue weighted by atomic mass is 35.5. The summed E-state index contributed by atoms with van der Waals surface area (Å²) in [5.74, 6) is 0.292. The molecule has 242 valence electrons. The number of rotatable bonds is 9. The van der Waals surface area contributed by atoms with Gasteiger partial charge in [-0.1, -0.05) is 120 Å². The minimum atomic E-state index is 0.117. The number of benzene rings is 5. The first kappa shape index (κ1) is 33.7. The van der Waals surface area contributed by atoms with Crippen molar-refractivity contribution < 1.29 is 4.79 Å². The average Bonchev–Trinajstić information content (AvgIpc) is 3.08. The Morgan fingerprint density at radius 1 is 0.787 bits per heavy atom. The fourth-order valence-electron chi connectivity index (χ4n) is 6.03. The quantitative estimate of drug-likeness (QED) is 0.0989. The van der Waals surface area contributed by atoms with Gasteiger partial charge in [-0.15, -0.1) is 0 Å². The van der Waals surface area contributed by atoms with Gasteiger partial charge in [0.2, 0.25) is 5.91 Å². The van der Waals surface area contributed by atoms with Crippen LogP contribution in [-0.2, 0) is 17.8 Å². The highest BCUT2D eigenvalue weighted by Crippen LogP contribution is 2.25. The molecule has 6 nitrogen and oxygen atoms in total. The second-order valence-electron chi connectivity index (χ2n) is 12.1. The van der Waals surface area contributed by atoms with Crippen molar-refractivity contribution in [3.63, 3.8) is 0 Å². The van der Waals surface area contributed by atoms with Gasteiger partial charge in [0, 0.05) is 43.8 Å². The Bertz CT molecular complexity index is 1770. The van der Waals surface area contributed by atoms with E-state index in [0.717, 1.165) is 47.5 Å². The highest BCUT2D eigenvalue weighted by molar-refractivity contribution is 6.30. The van der Waals surface area contributed by atoms with E-state index in [1.807, 2.05) is 59.5 Å². The summed E-state index contributed by atoms with van der Waals surface area (Å²) < 4.78 is 0. The van der Waals surface area contributed by atoms with Crippen molar-refractivity contribution in [2.75, 3.05) is 26.2 Å². The van der Waals surface area contributed by atoms with Crippen molar-refractivity contribution in [1.82, 2.24) is 9.80 Å². The van der Waals surface area contributed by atoms with Gasteiger partial charge in [0.25, 0.3) is 0 Å². The Morgan fingerprint density at radius 3 is 2.26 bits per heavy atom. The van der Waals surface area contributed by atoms with Gasteiger partial charge >= 0.3 is 0 Å². The van der Waals surface area contributed by atoms with Crippen LogP contribution >= 0.6 is 11.6 Å². The summed E-state index contributed by atoms with van der Waals surface area (Å²) in [6.45, 7) is 5.73. The predicted octanol–water partition coefficient (Wildman–Crippen LogP) is 7.46. The number of fused-ring (bicyclic) bond motifs is 1. The molecule has 0 radical (unpaired) electrons. The fraction of sp³-hybridized carbons (Fsp3) is 0.250. The molecule has 6 rings (SSSR count). The van der Waals surface area contributed by atoms with Gasteiger partial charge in [-0.3, -0.25) is 14.7 Å². The maximum Gasteiger partial charge on any atom is 0.227 e. The lowest BCUT2D eigenvalue weighted by molar-refractivity contribution is -0.133. The summed E-state index contributed by atoms with van der Waals surface area (Å²) in [7, 11) is 0. The van der Waals surface area contributed by atoms with Crippen molar-refractivity contribution in [3.8, 4) is 11.1 Å². The van der Waals surface area contributed by atoms with Crippen molar-refractivity contribution in [3.05, 3.63) is 143 Å². The fourth-order valence-corrected chi connectivity index (χ4v) is 6.16. The molecular weight excluding hydrogens is 602 g/mol. The summed E-state index contributed by atoms with van der Waals surface area (Å²) in [6.07, 6.45) is 2.18. The first-order chi connectivity index (χ1) is 22.8. The van der Waals surface area contributed by atoms with Gasteiger partial charge in [0.05, 0.1) is 6.42 Å². The van der Waals surface area contributed by atoms with E-state index in [-0.39, 0.29) is 17.9 Å². The first-order valence-electron chi connectivity index (χ1n) is 16.3. The molecule has 5 aromatic rings. The van der Waals surface area contributed by atoms with E-state index < -0.39 is 0 Å². The number of hydrogen-bond donors (Lipinski definition) is 2. The molecule has 1 unspecified atom stereocenters. The number of halogens is 1. The molecule has 0 bridgehead atoms. The average molecular weight is 646 g/mol. The van der Waals surface area contributed by atoms with Crippen LogP contribution < -0.4 is 11.5 Å². The molecule has 1 aliphatic heterocycles. The molecule has 47 heavy (non-hydrogen) atoms. The molecule has 1 saturated heterocycles. The number of aryl methyl sites for hydroxylation is 1. The zero-order chi connectivity index (χ0) is 33.0. The van der Waals surface area contributed by atoms with Crippen LogP contribution in [0.5, 0.6) is 0 Å². The third-order valence-electron chi connectivity index (χ3n) is 8.55. The summed E-state index contributed by atoms with van der Waals surface area (Å²) in [5.41, 5.74) is 17.0. The monoisotopic (exact) mass is 645 g/mol. The number of nitrogens with zero attached hydrogens (tertiary/aromatic N) is 3. The van der Waals surface area contributed by atoms with Gasteiger partial charge in [-0.25, -0.2) is 0 Å². The van der Waals surface area contributed by atoms with E-state index in [0.29, 0.717) is 26.1 Å². The largest absolute Gasteiger partial charge is 0.370 e. The van der Waals surface area contributed by atoms with Gasteiger partial charge in [-0.05, 0) is 71.0 Å². The van der Waals surface area contributed by atoms with Crippen molar-refractivity contribution in [1.29, 1.82) is 0 Å². The van der Waals surface area contributed by atoms with E-state index in [9.17, 15) is 4.79 Å². The van der Waals surface area contributed by atoms with E-state index in [1.54, 1.807) is 0 Å². The minimum absolute atomic E-state index is 0.117. The van der Waals surface area contributed by atoms with Gasteiger partial charge < -0.3 is 16.4 Å². The molecule has 0 aromatic heterocycles. The van der Waals surface area contributed by atoms with Crippen LogP contribution in [-0.4, -0.2) is 53.9 Å². The molecule has 5 aromatic carbocycles. The summed E-state index contributed by atoms with van der Waals surface area (Å²) in [5, 5.41) is 3.08. The Kier molecular flexibility index (Phi) is 12.0. The third-order valence-corrected chi connectivity index (χ3v) is 8.80. The number of carbonyl (C=O) groups is 1. The third kappa shape index (κ3) is 10.2. The maximum absolute atomic E-state index is 13.4. The Balaban J connectivity index is 0.000000549. The maximum atomic E-state index is 13.4. The van der Waals surface area contributed by atoms with Crippen molar-refractivity contribution >= 4 is 34.2 Å². The standard InChI is InChI=1S/C33H36ClN5O.C7H8/c34-30-14-12-27(13-15-30)29-8-3-5-25(20-29)22-38-17-18-39(23-31(38)9-4-16-37-33(35)36)32(40)21-24-10-11-26-6-1-2-7-28(26)19-24;1-7-5-3-2-4-6-7/h1-3,5-8,10-15,19-20,31H,4,9,16-18,21-23H2,(H4,35,36,37);2-6H,1H3. The van der Waals surface area contributed by atoms with Gasteiger partial charge in [0.1, 0.15) is 0 Å². The van der Waals surface area contributed by atoms with Gasteiger partial charge in [-0.2, -0.15) is 0 Å². The van der Waals surface area contributed by atoms with Crippen LogP contribution in [0, 0.1) is 6.92 Å². The zero-order valence-corrected chi connectivity index (χ0v) is 27.8.